The number of carbonyl (C=O) groups is 1. The van der Waals surface area contributed by atoms with Crippen LogP contribution in [0.3, 0.4) is 0 Å². The van der Waals surface area contributed by atoms with Crippen LogP contribution in [0.5, 0.6) is 0 Å². The minimum atomic E-state index is -1.05. The third-order valence-electron chi connectivity index (χ3n) is 7.37. The standard InChI is InChI=1S/C31H28N4O3/c1-18-16-35(17-19(2)38-18)27-13-12-24(30(34-27)31(36)37)26-15-33-29-23(21-8-6-20(14-32)7-9-21)4-3-5-25(29)28(26)22-10-11-22/h3-9,12-13,15,18-19,22H,10-11,16-17H2,1-2H3,(H,36,37)/t18-,19+. The SMILES string of the molecule is C[C@@H]1CN(c2ccc(-c3cnc4c(-c5ccc(C#N)cc5)cccc4c3C3CC3)c(C(=O)O)n2)C[C@H](C)O1. The van der Waals surface area contributed by atoms with Crippen molar-refractivity contribution in [3.8, 4) is 28.3 Å². The first kappa shape index (κ1) is 24.1. The largest absolute Gasteiger partial charge is 0.476 e. The number of rotatable bonds is 5. The van der Waals surface area contributed by atoms with Gasteiger partial charge in [0.15, 0.2) is 5.69 Å². The summed E-state index contributed by atoms with van der Waals surface area (Å²) in [5, 5.41) is 20.4. The molecule has 2 aromatic carbocycles. The molecule has 1 aliphatic carbocycles. The molecule has 2 aromatic heterocycles. The molecule has 1 aliphatic heterocycles. The fourth-order valence-corrected chi connectivity index (χ4v) is 5.60. The molecule has 0 unspecified atom stereocenters. The fraction of sp³-hybridized carbons (Fsp3) is 0.290. The lowest BCUT2D eigenvalue weighted by Gasteiger charge is -2.36. The van der Waals surface area contributed by atoms with E-state index in [1.807, 2.05) is 68.6 Å². The predicted molar refractivity (Wildman–Crippen MR) is 146 cm³/mol. The van der Waals surface area contributed by atoms with Crippen molar-refractivity contribution in [1.29, 1.82) is 5.26 Å². The molecule has 0 bridgehead atoms. The van der Waals surface area contributed by atoms with E-state index in [1.165, 1.54) is 0 Å². The van der Waals surface area contributed by atoms with Crippen LogP contribution < -0.4 is 4.90 Å². The second-order valence-corrected chi connectivity index (χ2v) is 10.3. The van der Waals surface area contributed by atoms with Crippen LogP contribution in [0.4, 0.5) is 5.82 Å². The lowest BCUT2D eigenvalue weighted by atomic mass is 9.91. The quantitative estimate of drug-likeness (QED) is 0.354. The topological polar surface area (TPSA) is 99.3 Å². The monoisotopic (exact) mass is 504 g/mol. The molecule has 0 radical (unpaired) electrons. The Balaban J connectivity index is 1.48. The van der Waals surface area contributed by atoms with E-state index in [0.717, 1.165) is 46.0 Å². The third kappa shape index (κ3) is 4.37. The summed E-state index contributed by atoms with van der Waals surface area (Å²) >= 11 is 0. The lowest BCUT2D eigenvalue weighted by molar-refractivity contribution is -0.00546. The summed E-state index contributed by atoms with van der Waals surface area (Å²) in [7, 11) is 0. The van der Waals surface area contributed by atoms with E-state index in [2.05, 4.69) is 22.0 Å². The molecule has 2 atom stereocenters. The lowest BCUT2D eigenvalue weighted by Crippen LogP contribution is -2.46. The summed E-state index contributed by atoms with van der Waals surface area (Å²) in [6, 6.07) is 19.6. The maximum atomic E-state index is 12.5. The fourth-order valence-electron chi connectivity index (χ4n) is 5.60. The maximum absolute atomic E-state index is 12.5. The minimum Gasteiger partial charge on any atom is -0.476 e. The first-order chi connectivity index (χ1) is 18.4. The average Bonchev–Trinajstić information content (AvgIpc) is 3.76. The number of morpholine rings is 1. The van der Waals surface area contributed by atoms with E-state index in [-0.39, 0.29) is 17.9 Å². The second kappa shape index (κ2) is 9.55. The normalized spacial score (nSPS) is 19.3. The summed E-state index contributed by atoms with van der Waals surface area (Å²) in [6.07, 6.45) is 4.02. The number of hydrogen-bond acceptors (Lipinski definition) is 6. The zero-order chi connectivity index (χ0) is 26.4. The predicted octanol–water partition coefficient (Wildman–Crippen LogP) is 6.02. The molecule has 0 amide bonds. The van der Waals surface area contributed by atoms with E-state index < -0.39 is 5.97 Å². The number of para-hydroxylation sites is 1. The molecular weight excluding hydrogens is 476 g/mol. The number of carboxylic acids is 1. The van der Waals surface area contributed by atoms with Crippen molar-refractivity contribution >= 4 is 22.7 Å². The number of fused-ring (bicyclic) bond motifs is 1. The summed E-state index contributed by atoms with van der Waals surface area (Å²) in [4.78, 5) is 24.1. The van der Waals surface area contributed by atoms with Gasteiger partial charge in [0.1, 0.15) is 5.82 Å². The molecule has 190 valence electrons. The van der Waals surface area contributed by atoms with E-state index in [4.69, 9.17) is 9.72 Å². The summed E-state index contributed by atoms with van der Waals surface area (Å²) in [6.45, 7) is 5.37. The highest BCUT2D eigenvalue weighted by molar-refractivity contribution is 6.01. The molecule has 38 heavy (non-hydrogen) atoms. The van der Waals surface area contributed by atoms with E-state index in [1.54, 1.807) is 0 Å². The van der Waals surface area contributed by atoms with Crippen molar-refractivity contribution in [2.24, 2.45) is 0 Å². The van der Waals surface area contributed by atoms with E-state index in [9.17, 15) is 15.2 Å². The third-order valence-corrected chi connectivity index (χ3v) is 7.37. The Morgan fingerprint density at radius 2 is 1.74 bits per heavy atom. The number of hydrogen-bond donors (Lipinski definition) is 1. The number of nitriles is 1. The second-order valence-electron chi connectivity index (χ2n) is 10.3. The van der Waals surface area contributed by atoms with Gasteiger partial charge in [-0.1, -0.05) is 30.3 Å². The van der Waals surface area contributed by atoms with Gasteiger partial charge in [0.25, 0.3) is 0 Å². The maximum Gasteiger partial charge on any atom is 0.355 e. The van der Waals surface area contributed by atoms with Crippen LogP contribution >= 0.6 is 0 Å². The highest BCUT2D eigenvalue weighted by Gasteiger charge is 2.31. The van der Waals surface area contributed by atoms with Crippen molar-refractivity contribution < 1.29 is 14.6 Å². The molecule has 1 N–H and O–H groups in total. The number of benzene rings is 2. The van der Waals surface area contributed by atoms with E-state index >= 15 is 0 Å². The first-order valence-corrected chi connectivity index (χ1v) is 13.0. The summed E-state index contributed by atoms with van der Waals surface area (Å²) in [5.41, 5.74) is 6.07. The molecule has 6 rings (SSSR count). The molecule has 2 aliphatic rings. The van der Waals surface area contributed by atoms with E-state index in [0.29, 0.717) is 36.0 Å². The van der Waals surface area contributed by atoms with Gasteiger partial charge in [0.05, 0.1) is 29.4 Å². The molecule has 3 heterocycles. The highest BCUT2D eigenvalue weighted by atomic mass is 16.5. The summed E-state index contributed by atoms with van der Waals surface area (Å²) < 4.78 is 5.84. The van der Waals surface area contributed by atoms with Gasteiger partial charge in [-0.3, -0.25) is 4.98 Å². The van der Waals surface area contributed by atoms with Gasteiger partial charge in [-0.2, -0.15) is 5.26 Å². The Morgan fingerprint density at radius 3 is 2.39 bits per heavy atom. The van der Waals surface area contributed by atoms with Gasteiger partial charge < -0.3 is 14.7 Å². The highest BCUT2D eigenvalue weighted by Crippen LogP contribution is 2.48. The van der Waals surface area contributed by atoms with Crippen molar-refractivity contribution in [2.75, 3.05) is 18.0 Å². The zero-order valence-corrected chi connectivity index (χ0v) is 21.4. The van der Waals surface area contributed by atoms with Crippen LogP contribution in [0.2, 0.25) is 0 Å². The van der Waals surface area contributed by atoms with Crippen molar-refractivity contribution in [3.05, 3.63) is 77.6 Å². The zero-order valence-electron chi connectivity index (χ0n) is 21.4. The molecule has 1 saturated heterocycles. The van der Waals surface area contributed by atoms with Crippen molar-refractivity contribution in [1.82, 2.24) is 9.97 Å². The van der Waals surface area contributed by atoms with Gasteiger partial charge in [-0.05, 0) is 68.0 Å². The summed E-state index contributed by atoms with van der Waals surface area (Å²) in [5.74, 6) is -0.0451. The number of aromatic carboxylic acids is 1. The molecule has 7 heteroatoms. The van der Waals surface area contributed by atoms with Crippen molar-refractivity contribution in [3.63, 3.8) is 0 Å². The number of ether oxygens (including phenoxy) is 1. The smallest absolute Gasteiger partial charge is 0.355 e. The Labute approximate surface area is 221 Å². The number of nitrogens with zero attached hydrogens (tertiary/aromatic N) is 4. The molecule has 7 nitrogen and oxygen atoms in total. The number of carboxylic acid groups (broad SMARTS) is 1. The van der Waals surface area contributed by atoms with Crippen LogP contribution in [0.25, 0.3) is 33.2 Å². The Bertz CT molecular complexity index is 1580. The molecule has 4 aromatic rings. The van der Waals surface area contributed by atoms with Crippen LogP contribution in [0, 0.1) is 11.3 Å². The Hall–Kier alpha value is -4.28. The van der Waals surface area contributed by atoms with Gasteiger partial charge in [0, 0.05) is 41.4 Å². The number of aromatic nitrogens is 2. The number of anilines is 1. The molecular formula is C31H28N4O3. The van der Waals surface area contributed by atoms with Crippen LogP contribution in [0.1, 0.15) is 54.2 Å². The van der Waals surface area contributed by atoms with Crippen LogP contribution in [-0.4, -0.2) is 46.3 Å². The van der Waals surface area contributed by atoms with Crippen LogP contribution in [-0.2, 0) is 4.74 Å². The molecule has 1 saturated carbocycles. The first-order valence-electron chi connectivity index (χ1n) is 13.0. The van der Waals surface area contributed by atoms with Crippen molar-refractivity contribution in [2.45, 2.75) is 44.8 Å². The Morgan fingerprint density at radius 1 is 1.00 bits per heavy atom. The number of pyridine rings is 2. The molecule has 2 fully saturated rings. The van der Waals surface area contributed by atoms with Crippen LogP contribution in [0.15, 0.2) is 60.8 Å². The average molecular weight is 505 g/mol. The van der Waals surface area contributed by atoms with Gasteiger partial charge in [-0.15, -0.1) is 0 Å². The van der Waals surface area contributed by atoms with Gasteiger partial charge >= 0.3 is 5.97 Å². The molecule has 0 spiro atoms. The van der Waals surface area contributed by atoms with Gasteiger partial charge in [-0.25, -0.2) is 9.78 Å². The Kier molecular flexibility index (Phi) is 6.05. The minimum absolute atomic E-state index is 0.0422. The van der Waals surface area contributed by atoms with Gasteiger partial charge in [0.2, 0.25) is 0 Å².